The summed E-state index contributed by atoms with van der Waals surface area (Å²) in [4.78, 5) is 4.53. The van der Waals surface area contributed by atoms with Crippen LogP contribution < -0.4 is 19.6 Å². The number of halogens is 16. The molecule has 0 bridgehead atoms. The lowest BCUT2D eigenvalue weighted by atomic mass is 9.51. The van der Waals surface area contributed by atoms with Crippen molar-refractivity contribution >= 4 is 68.2 Å². The monoisotopic (exact) mass is 1860 g/mol. The van der Waals surface area contributed by atoms with Crippen molar-refractivity contribution in [3.63, 3.8) is 0 Å². The van der Waals surface area contributed by atoms with E-state index in [1.165, 1.54) is 9.80 Å². The molecule has 0 aromatic heterocycles. The molecule has 20 heteroatoms. The fourth-order valence-electron chi connectivity index (χ4n) is 26.5. The molecule has 4 fully saturated rings. The number of rotatable bonds is 22. The molecule has 4 nitrogen and oxygen atoms in total. The number of nitrogens with zero attached hydrogens (tertiary/aromatic N) is 4. The van der Waals surface area contributed by atoms with Crippen molar-refractivity contribution < 1.29 is 70.2 Å². The standard InChI is InChI=1S/C62H60F8N2.C54H52F8N2/c63-51-49(52(64)56(68)59(55(51)67)71-45-33-17-13-29-41(45)61(37-21-5-1-6-22-37,38-23-7-2-8-24-38)42-30-14-18-34-46(42)71)50-53(65)57(69)60(58(70)54(50)66)72-47-35-19-15-31-43(47)62(39-25-9-3-10-26-39,40-27-11-4-12-28-40)44-32-16-20-36-48(44)72;1-5-9-29-53(30-10-6-2)33-21-13-17-25-37(33)63(38-26-18-14-22-34(38)53)51-47(59)43(55)41(44(56)48(51)60)42-45(57)49(61)52(50(62)46(42)58)64-39-27-19-15-23-35(39)54(31-11-7-3,32-12-8-4)36-24-16-20-28-40(36)64/h13-20,29-40H,1-12,21-28H2;13-28H,5-12,29-32H2,1-4H3. The molecule has 0 saturated heterocycles. The van der Waals surface area contributed by atoms with Gasteiger partial charge in [0.1, 0.15) is 22.7 Å². The maximum Gasteiger partial charge on any atom is 0.186 e. The van der Waals surface area contributed by atoms with Crippen molar-refractivity contribution in [2.75, 3.05) is 19.6 Å². The number of anilines is 12. The summed E-state index contributed by atoms with van der Waals surface area (Å²) in [6.45, 7) is 8.25. The van der Waals surface area contributed by atoms with Gasteiger partial charge < -0.3 is 19.6 Å². The summed E-state index contributed by atoms with van der Waals surface area (Å²) in [6, 6.07) is 56.6. The van der Waals surface area contributed by atoms with Crippen LogP contribution in [0.5, 0.6) is 0 Å². The third-order valence-electron chi connectivity index (χ3n) is 32.2. The van der Waals surface area contributed by atoms with Gasteiger partial charge in [0, 0.05) is 21.7 Å². The van der Waals surface area contributed by atoms with E-state index in [1.54, 1.807) is 121 Å². The van der Waals surface area contributed by atoms with Crippen molar-refractivity contribution in [1.82, 2.24) is 0 Å². The molecule has 0 atom stereocenters. The molecule has 20 rings (SSSR count). The summed E-state index contributed by atoms with van der Waals surface area (Å²) in [7, 11) is 0. The van der Waals surface area contributed by atoms with Gasteiger partial charge in [0.2, 0.25) is 0 Å². The second-order valence-electron chi connectivity index (χ2n) is 39.1. The minimum Gasteiger partial charge on any atom is -0.304 e. The van der Waals surface area contributed by atoms with E-state index in [9.17, 15) is 0 Å². The smallest absolute Gasteiger partial charge is 0.186 e. The van der Waals surface area contributed by atoms with E-state index in [0.29, 0.717) is 70.7 Å². The summed E-state index contributed by atoms with van der Waals surface area (Å²) in [5, 5.41) is 0. The van der Waals surface area contributed by atoms with E-state index in [0.717, 1.165) is 212 Å². The largest absolute Gasteiger partial charge is 0.304 e. The van der Waals surface area contributed by atoms with Crippen molar-refractivity contribution in [2.24, 2.45) is 23.7 Å². The molecular formula is C116H112F16N4. The molecule has 4 aliphatic carbocycles. The summed E-state index contributed by atoms with van der Waals surface area (Å²) < 4.78 is 273. The third kappa shape index (κ3) is 14.6. The van der Waals surface area contributed by atoms with E-state index in [1.807, 2.05) is 72.8 Å². The average Bonchev–Trinajstić information content (AvgIpc) is 0.696. The Kier molecular flexibility index (Phi) is 26.4. The SMILES string of the molecule is CCCCC1(CCCC)c2ccccc2N(c2c(F)c(F)c(-c3c(F)c(F)c(N4c5ccccc5C(CCCC)(CCCC)c5ccccc54)c(F)c3F)c(F)c2F)c2ccccc21.Fc1c(F)c(N2c3ccccc3C(C3CCCCC3)(C3CCCCC3)c3ccccc32)c(F)c(F)c1-c1c(F)c(F)c(N2c3ccccc3C(C3CCCCC3)(C3CCCCC3)c3ccccc32)c(F)c1F. The van der Waals surface area contributed by atoms with E-state index >= 15 is 70.2 Å². The van der Waals surface area contributed by atoms with Crippen molar-refractivity contribution in [1.29, 1.82) is 0 Å². The van der Waals surface area contributed by atoms with Crippen LogP contribution >= 0.6 is 0 Å². The van der Waals surface area contributed by atoms with Gasteiger partial charge in [0.25, 0.3) is 0 Å². The molecule has 8 aliphatic rings. The molecule has 0 N–H and O–H groups in total. The second-order valence-corrected chi connectivity index (χ2v) is 39.1. The fraction of sp³-hybridized carbons (Fsp3) is 0.379. The highest BCUT2D eigenvalue weighted by atomic mass is 19.2. The van der Waals surface area contributed by atoms with Gasteiger partial charge in [-0.3, -0.25) is 0 Å². The van der Waals surface area contributed by atoms with Crippen LogP contribution in [-0.4, -0.2) is 0 Å². The molecule has 4 saturated carbocycles. The Hall–Kier alpha value is -11.3. The molecule has 0 spiro atoms. The number of para-hydroxylation sites is 8. The van der Waals surface area contributed by atoms with Crippen LogP contribution in [0.4, 0.5) is 138 Å². The lowest BCUT2D eigenvalue weighted by Gasteiger charge is -2.55. The lowest BCUT2D eigenvalue weighted by molar-refractivity contribution is 0.133. The first-order valence-electron chi connectivity index (χ1n) is 49.5. The van der Waals surface area contributed by atoms with Crippen LogP contribution in [0.25, 0.3) is 22.3 Å². The quantitative estimate of drug-likeness (QED) is 0.0495. The van der Waals surface area contributed by atoms with Gasteiger partial charge >= 0.3 is 0 Å². The highest BCUT2D eigenvalue weighted by Crippen LogP contribution is 2.68. The van der Waals surface area contributed by atoms with E-state index in [2.05, 4.69) is 27.7 Å². The molecule has 136 heavy (non-hydrogen) atoms. The zero-order valence-corrected chi connectivity index (χ0v) is 77.2. The molecule has 4 heterocycles. The number of benzene rings is 12. The minimum atomic E-state index is -2.22. The number of hydrogen-bond donors (Lipinski definition) is 0. The van der Waals surface area contributed by atoms with Crippen molar-refractivity contribution in [3.05, 3.63) is 332 Å². The molecule has 0 radical (unpaired) electrons. The highest BCUT2D eigenvalue weighted by Gasteiger charge is 2.58. The Morgan fingerprint density at radius 2 is 0.346 bits per heavy atom. The first kappa shape index (κ1) is 93.7. The molecule has 0 unspecified atom stereocenters. The van der Waals surface area contributed by atoms with Crippen molar-refractivity contribution in [3.8, 4) is 22.3 Å². The Bertz CT molecular complexity index is 5780. The Labute approximate surface area is 786 Å². The normalized spacial score (nSPS) is 17.7. The van der Waals surface area contributed by atoms with Crippen LogP contribution in [0.2, 0.25) is 0 Å². The molecule has 0 amide bonds. The Morgan fingerprint density at radius 1 is 0.199 bits per heavy atom. The predicted molar refractivity (Wildman–Crippen MR) is 509 cm³/mol. The minimum absolute atomic E-state index is 0.186. The van der Waals surface area contributed by atoms with Crippen LogP contribution in [-0.2, 0) is 21.7 Å². The summed E-state index contributed by atoms with van der Waals surface area (Å²) in [5.41, 5.74) is -6.07. The molecule has 708 valence electrons. The first-order valence-corrected chi connectivity index (χ1v) is 49.5. The van der Waals surface area contributed by atoms with Crippen LogP contribution in [0.1, 0.15) is 278 Å². The number of hydrogen-bond acceptors (Lipinski definition) is 4. The Morgan fingerprint density at radius 3 is 0.507 bits per heavy atom. The van der Waals surface area contributed by atoms with Gasteiger partial charge in [-0.25, -0.2) is 70.2 Å². The summed E-state index contributed by atoms with van der Waals surface area (Å²) in [5.74, 6) is -32.7. The van der Waals surface area contributed by atoms with Crippen LogP contribution in [0, 0.1) is 117 Å². The maximum absolute atomic E-state index is 17.3. The maximum atomic E-state index is 17.3. The van der Waals surface area contributed by atoms with Gasteiger partial charge in [0.15, 0.2) is 93.1 Å². The molecule has 4 aliphatic heterocycles. The molecule has 12 aromatic carbocycles. The zero-order chi connectivity index (χ0) is 95.0. The average molecular weight is 1870 g/mol. The predicted octanol–water partition coefficient (Wildman–Crippen LogP) is 36.3. The van der Waals surface area contributed by atoms with Gasteiger partial charge in [-0.1, -0.05) is 302 Å². The second kappa shape index (κ2) is 38.2. The van der Waals surface area contributed by atoms with E-state index in [4.69, 9.17) is 0 Å². The number of fused-ring (bicyclic) bond motifs is 8. The van der Waals surface area contributed by atoms with Gasteiger partial charge in [-0.15, -0.1) is 0 Å². The first-order chi connectivity index (χ1) is 66.1. The number of unbranched alkanes of at least 4 members (excludes halogenated alkanes) is 4. The van der Waals surface area contributed by atoms with Crippen LogP contribution in [0.15, 0.2) is 194 Å². The van der Waals surface area contributed by atoms with E-state index in [-0.39, 0.29) is 46.4 Å². The summed E-state index contributed by atoms with van der Waals surface area (Å²) >= 11 is 0. The third-order valence-corrected chi connectivity index (χ3v) is 32.2. The highest BCUT2D eigenvalue weighted by molar-refractivity contribution is 5.94. The van der Waals surface area contributed by atoms with Gasteiger partial charge in [0.05, 0.1) is 67.8 Å². The van der Waals surface area contributed by atoms with Gasteiger partial charge in [-0.2, -0.15) is 0 Å². The topological polar surface area (TPSA) is 13.0 Å². The van der Waals surface area contributed by atoms with Gasteiger partial charge in [-0.05, 0) is 194 Å². The molecule has 12 aromatic rings. The zero-order valence-electron chi connectivity index (χ0n) is 77.2. The lowest BCUT2D eigenvalue weighted by Crippen LogP contribution is -2.48. The van der Waals surface area contributed by atoms with Crippen LogP contribution in [0.3, 0.4) is 0 Å². The van der Waals surface area contributed by atoms with Crippen molar-refractivity contribution in [2.45, 2.75) is 255 Å². The van der Waals surface area contributed by atoms with E-state index < -0.39 is 160 Å². The fourth-order valence-corrected chi connectivity index (χ4v) is 26.5. The Balaban J connectivity index is 0.000000176. The molecular weight excluding hydrogens is 1750 g/mol. The summed E-state index contributed by atoms with van der Waals surface area (Å²) in [6.07, 6.45) is 29.8.